The summed E-state index contributed by atoms with van der Waals surface area (Å²) in [5, 5.41) is 0. The second kappa shape index (κ2) is 8.44. The fraction of sp³-hybridized carbons (Fsp3) is 0.611. The lowest BCUT2D eigenvalue weighted by Gasteiger charge is -2.36. The van der Waals surface area contributed by atoms with Crippen molar-refractivity contribution in [2.45, 2.75) is 32.9 Å². The van der Waals surface area contributed by atoms with Gasteiger partial charge in [0.15, 0.2) is 0 Å². The van der Waals surface area contributed by atoms with Crippen LogP contribution >= 0.6 is 0 Å². The standard InChI is InChI=1S/C18H28FN3O2/c1-4-13(2)17(20)18(23)22-9-7-21(8-10-22)12-14-11-15(19)5-6-16(14)24-3/h5-6,11,13,17H,4,7-10,12,20H2,1-3H3. The largest absolute Gasteiger partial charge is 0.496 e. The number of amides is 1. The van der Waals surface area contributed by atoms with E-state index in [0.717, 1.165) is 25.1 Å². The van der Waals surface area contributed by atoms with E-state index in [9.17, 15) is 9.18 Å². The van der Waals surface area contributed by atoms with Crippen molar-refractivity contribution in [2.24, 2.45) is 11.7 Å². The Hall–Kier alpha value is -1.66. The smallest absolute Gasteiger partial charge is 0.239 e. The number of rotatable bonds is 6. The van der Waals surface area contributed by atoms with Gasteiger partial charge in [-0.05, 0) is 24.1 Å². The number of piperazine rings is 1. The van der Waals surface area contributed by atoms with Gasteiger partial charge in [-0.15, -0.1) is 0 Å². The van der Waals surface area contributed by atoms with Gasteiger partial charge in [-0.2, -0.15) is 0 Å². The summed E-state index contributed by atoms with van der Waals surface area (Å²) in [6.07, 6.45) is 0.895. The molecule has 2 rings (SSSR count). The third-order valence-corrected chi connectivity index (χ3v) is 4.86. The van der Waals surface area contributed by atoms with Gasteiger partial charge in [0, 0.05) is 38.3 Å². The summed E-state index contributed by atoms with van der Waals surface area (Å²) in [6, 6.07) is 4.13. The first-order valence-electron chi connectivity index (χ1n) is 8.55. The van der Waals surface area contributed by atoms with Gasteiger partial charge in [0.05, 0.1) is 13.2 Å². The summed E-state index contributed by atoms with van der Waals surface area (Å²) < 4.78 is 18.8. The molecule has 0 saturated carbocycles. The second-order valence-corrected chi connectivity index (χ2v) is 6.47. The van der Waals surface area contributed by atoms with Crippen LogP contribution in [0.1, 0.15) is 25.8 Å². The molecule has 1 aliphatic rings. The SMILES string of the molecule is CCC(C)C(N)C(=O)N1CCN(Cc2cc(F)ccc2OC)CC1. The second-order valence-electron chi connectivity index (χ2n) is 6.47. The van der Waals surface area contributed by atoms with Gasteiger partial charge >= 0.3 is 0 Å². The summed E-state index contributed by atoms with van der Waals surface area (Å²) in [5.41, 5.74) is 6.88. The van der Waals surface area contributed by atoms with E-state index in [4.69, 9.17) is 10.5 Å². The third-order valence-electron chi connectivity index (χ3n) is 4.86. The van der Waals surface area contributed by atoms with Crippen LogP contribution in [0, 0.1) is 11.7 Å². The summed E-state index contributed by atoms with van der Waals surface area (Å²) in [7, 11) is 1.59. The predicted octanol–water partition coefficient (Wildman–Crippen LogP) is 1.85. The van der Waals surface area contributed by atoms with E-state index in [1.165, 1.54) is 12.1 Å². The van der Waals surface area contributed by atoms with Crippen molar-refractivity contribution in [3.05, 3.63) is 29.6 Å². The van der Waals surface area contributed by atoms with Crippen LogP contribution in [0.2, 0.25) is 0 Å². The first-order chi connectivity index (χ1) is 11.5. The molecule has 1 saturated heterocycles. The maximum absolute atomic E-state index is 13.5. The quantitative estimate of drug-likeness (QED) is 0.861. The molecule has 1 heterocycles. The number of hydrogen-bond acceptors (Lipinski definition) is 4. The Morgan fingerprint density at radius 3 is 2.58 bits per heavy atom. The molecule has 1 amide bonds. The zero-order chi connectivity index (χ0) is 17.7. The van der Waals surface area contributed by atoms with Crippen molar-refractivity contribution in [2.75, 3.05) is 33.3 Å². The van der Waals surface area contributed by atoms with E-state index in [-0.39, 0.29) is 17.6 Å². The fourth-order valence-electron chi connectivity index (χ4n) is 2.95. The summed E-state index contributed by atoms with van der Waals surface area (Å²) in [6.45, 7) is 7.47. The minimum Gasteiger partial charge on any atom is -0.496 e. The molecule has 1 aromatic carbocycles. The topological polar surface area (TPSA) is 58.8 Å². The van der Waals surface area contributed by atoms with Crippen LogP contribution in [0.5, 0.6) is 5.75 Å². The molecule has 24 heavy (non-hydrogen) atoms. The lowest BCUT2D eigenvalue weighted by Crippen LogP contribution is -2.54. The number of halogens is 1. The Labute approximate surface area is 143 Å². The highest BCUT2D eigenvalue weighted by Crippen LogP contribution is 2.22. The highest BCUT2D eigenvalue weighted by atomic mass is 19.1. The van der Waals surface area contributed by atoms with Crippen LogP contribution in [0.3, 0.4) is 0 Å². The molecule has 1 aliphatic heterocycles. The fourth-order valence-corrected chi connectivity index (χ4v) is 2.95. The maximum atomic E-state index is 13.5. The van der Waals surface area contributed by atoms with Crippen LogP contribution in [-0.2, 0) is 11.3 Å². The number of methoxy groups -OCH3 is 1. The van der Waals surface area contributed by atoms with E-state index in [0.29, 0.717) is 25.4 Å². The maximum Gasteiger partial charge on any atom is 0.239 e. The minimum absolute atomic E-state index is 0.0346. The number of ether oxygens (including phenoxy) is 1. The molecule has 6 heteroatoms. The number of carbonyl (C=O) groups excluding carboxylic acids is 1. The van der Waals surface area contributed by atoms with Crippen LogP contribution in [0.25, 0.3) is 0 Å². The van der Waals surface area contributed by atoms with Crippen molar-refractivity contribution < 1.29 is 13.9 Å². The van der Waals surface area contributed by atoms with Gasteiger partial charge in [-0.1, -0.05) is 20.3 Å². The highest BCUT2D eigenvalue weighted by Gasteiger charge is 2.28. The third kappa shape index (κ3) is 4.45. The first-order valence-corrected chi connectivity index (χ1v) is 8.55. The number of hydrogen-bond donors (Lipinski definition) is 1. The number of carbonyl (C=O) groups is 1. The van der Waals surface area contributed by atoms with E-state index in [1.807, 2.05) is 18.7 Å². The van der Waals surface area contributed by atoms with Gasteiger partial charge in [0.25, 0.3) is 0 Å². The average molecular weight is 337 g/mol. The van der Waals surface area contributed by atoms with Crippen molar-refractivity contribution >= 4 is 5.91 Å². The lowest BCUT2D eigenvalue weighted by atomic mass is 9.98. The molecular weight excluding hydrogens is 309 g/mol. The molecular formula is C18H28FN3O2. The van der Waals surface area contributed by atoms with E-state index >= 15 is 0 Å². The van der Waals surface area contributed by atoms with E-state index in [1.54, 1.807) is 13.2 Å². The van der Waals surface area contributed by atoms with Crippen LogP contribution < -0.4 is 10.5 Å². The molecule has 1 aromatic rings. The lowest BCUT2D eigenvalue weighted by molar-refractivity contribution is -0.135. The Morgan fingerprint density at radius 1 is 1.33 bits per heavy atom. The van der Waals surface area contributed by atoms with Gasteiger partial charge in [-0.3, -0.25) is 9.69 Å². The zero-order valence-electron chi connectivity index (χ0n) is 14.8. The van der Waals surface area contributed by atoms with Crippen molar-refractivity contribution in [1.29, 1.82) is 0 Å². The molecule has 2 unspecified atom stereocenters. The summed E-state index contributed by atoms with van der Waals surface area (Å²) in [4.78, 5) is 16.5. The molecule has 1 fully saturated rings. The van der Waals surface area contributed by atoms with Gasteiger partial charge < -0.3 is 15.4 Å². The number of benzene rings is 1. The van der Waals surface area contributed by atoms with E-state index in [2.05, 4.69) is 4.90 Å². The van der Waals surface area contributed by atoms with Crippen molar-refractivity contribution in [3.63, 3.8) is 0 Å². The normalized spacial score (nSPS) is 18.3. The minimum atomic E-state index is -0.426. The Kier molecular flexibility index (Phi) is 6.57. The average Bonchev–Trinajstić information content (AvgIpc) is 2.60. The number of nitrogens with two attached hydrogens (primary N) is 1. The molecule has 2 N–H and O–H groups in total. The molecule has 0 spiro atoms. The van der Waals surface area contributed by atoms with Crippen LogP contribution in [0.15, 0.2) is 18.2 Å². The van der Waals surface area contributed by atoms with Crippen molar-refractivity contribution in [3.8, 4) is 5.75 Å². The Balaban J connectivity index is 1.91. The molecule has 2 atom stereocenters. The van der Waals surface area contributed by atoms with Crippen molar-refractivity contribution in [1.82, 2.24) is 9.80 Å². The van der Waals surface area contributed by atoms with Crippen LogP contribution in [-0.4, -0.2) is 55.0 Å². The predicted molar refractivity (Wildman–Crippen MR) is 92.2 cm³/mol. The molecule has 0 radical (unpaired) electrons. The molecule has 5 nitrogen and oxygen atoms in total. The van der Waals surface area contributed by atoms with Gasteiger partial charge in [0.2, 0.25) is 5.91 Å². The first kappa shape index (κ1) is 18.7. The summed E-state index contributed by atoms with van der Waals surface area (Å²) >= 11 is 0. The number of nitrogens with zero attached hydrogens (tertiary/aromatic N) is 2. The Bertz CT molecular complexity index is 559. The van der Waals surface area contributed by atoms with Crippen LogP contribution in [0.4, 0.5) is 4.39 Å². The molecule has 134 valence electrons. The van der Waals surface area contributed by atoms with E-state index < -0.39 is 6.04 Å². The molecule has 0 aromatic heterocycles. The Morgan fingerprint density at radius 2 is 2.00 bits per heavy atom. The summed E-state index contributed by atoms with van der Waals surface area (Å²) in [5.74, 6) is 0.646. The highest BCUT2D eigenvalue weighted by molar-refractivity contribution is 5.82. The van der Waals surface area contributed by atoms with Gasteiger partial charge in [-0.25, -0.2) is 4.39 Å². The molecule has 0 aliphatic carbocycles. The zero-order valence-corrected chi connectivity index (χ0v) is 14.8. The monoisotopic (exact) mass is 337 g/mol. The molecule has 0 bridgehead atoms. The van der Waals surface area contributed by atoms with Gasteiger partial charge in [0.1, 0.15) is 11.6 Å².